The van der Waals surface area contributed by atoms with E-state index in [-0.39, 0.29) is 0 Å². The van der Waals surface area contributed by atoms with Crippen LogP contribution >= 0.6 is 11.3 Å². The van der Waals surface area contributed by atoms with Gasteiger partial charge in [-0.25, -0.2) is 9.78 Å². The van der Waals surface area contributed by atoms with E-state index in [4.69, 9.17) is 10.1 Å². The summed E-state index contributed by atoms with van der Waals surface area (Å²) in [5.41, 5.74) is 1.59. The molecule has 2 saturated carbocycles. The predicted molar refractivity (Wildman–Crippen MR) is 116 cm³/mol. The molecule has 3 aliphatic rings. The van der Waals surface area contributed by atoms with Gasteiger partial charge in [-0.3, -0.25) is 5.32 Å². The van der Waals surface area contributed by atoms with Gasteiger partial charge in [0.2, 0.25) is 0 Å². The van der Waals surface area contributed by atoms with Crippen LogP contribution < -0.4 is 5.32 Å². The minimum atomic E-state index is -1.03. The van der Waals surface area contributed by atoms with E-state index in [2.05, 4.69) is 10.2 Å². The molecule has 0 unspecified atom stereocenters. The summed E-state index contributed by atoms with van der Waals surface area (Å²) in [6.45, 7) is 2.53. The number of hydrogen-bond acceptors (Lipinski definition) is 4. The van der Waals surface area contributed by atoms with Crippen molar-refractivity contribution in [3.05, 3.63) is 23.2 Å². The van der Waals surface area contributed by atoms with Gasteiger partial charge in [-0.1, -0.05) is 38.5 Å². The largest absolute Gasteiger partial charge is 0.465 e. The molecular formula is C22H31N3O2S. The molecule has 28 heavy (non-hydrogen) atoms. The molecule has 0 radical (unpaired) electrons. The van der Waals surface area contributed by atoms with Crippen LogP contribution in [-0.2, 0) is 0 Å². The number of thiazole rings is 1. The molecule has 1 aromatic heterocycles. The number of benzene rings is 1. The molecule has 0 spiro atoms. The third-order valence-corrected chi connectivity index (χ3v) is 7.46. The number of rotatable bonds is 3. The number of carboxylic acid groups (broad SMARTS) is 1. The summed E-state index contributed by atoms with van der Waals surface area (Å²) in [5, 5.41) is 12.4. The SMILES string of the molecule is C1CCCC1.O=C(O)Nc1ccc2nc([C@H]3C[C@H](N4CCCCC4)C3)sc2c1. The molecule has 1 amide bonds. The first kappa shape index (κ1) is 19.6. The van der Waals surface area contributed by atoms with Crippen LogP contribution in [0.3, 0.4) is 0 Å². The number of aromatic nitrogens is 1. The van der Waals surface area contributed by atoms with E-state index in [1.54, 1.807) is 17.4 Å². The maximum atomic E-state index is 10.7. The zero-order valence-electron chi connectivity index (χ0n) is 16.5. The first-order chi connectivity index (χ1) is 13.7. The van der Waals surface area contributed by atoms with Gasteiger partial charge in [-0.05, 0) is 57.0 Å². The average Bonchev–Trinajstić information content (AvgIpc) is 3.33. The van der Waals surface area contributed by atoms with Crippen LogP contribution in [0.1, 0.15) is 75.1 Å². The summed E-state index contributed by atoms with van der Waals surface area (Å²) in [4.78, 5) is 18.1. The Bertz CT molecular complexity index is 783. The van der Waals surface area contributed by atoms with Gasteiger partial charge in [-0.2, -0.15) is 0 Å². The lowest BCUT2D eigenvalue weighted by atomic mass is 9.79. The summed E-state index contributed by atoms with van der Waals surface area (Å²) in [6, 6.07) is 6.31. The van der Waals surface area contributed by atoms with Gasteiger partial charge in [0.15, 0.2) is 0 Å². The topological polar surface area (TPSA) is 65.5 Å². The quantitative estimate of drug-likeness (QED) is 0.655. The third-order valence-electron chi connectivity index (χ3n) is 6.28. The Balaban J connectivity index is 0.000000336. The highest BCUT2D eigenvalue weighted by Crippen LogP contribution is 2.43. The number of likely N-dealkylation sites (tertiary alicyclic amines) is 1. The second-order valence-corrected chi connectivity index (χ2v) is 9.41. The summed E-state index contributed by atoms with van der Waals surface area (Å²) < 4.78 is 1.06. The lowest BCUT2D eigenvalue weighted by Crippen LogP contribution is -2.46. The van der Waals surface area contributed by atoms with Gasteiger partial charge < -0.3 is 10.0 Å². The molecular weight excluding hydrogens is 370 g/mol. The molecule has 1 aliphatic heterocycles. The standard InChI is InChI=1S/C17H21N3O2S.C5H10/c21-17(22)18-12-4-5-14-15(10-12)23-16(19-14)11-8-13(9-11)20-6-2-1-3-7-20;1-2-4-5-3-1/h4-5,10-11,13,18H,1-3,6-9H2,(H,21,22);1-5H2/t11-,13-;. The predicted octanol–water partition coefficient (Wildman–Crippen LogP) is 6.07. The lowest BCUT2D eigenvalue weighted by Gasteiger charge is -2.43. The molecule has 1 saturated heterocycles. The molecule has 2 aliphatic carbocycles. The molecule has 0 bridgehead atoms. The van der Waals surface area contributed by atoms with Crippen molar-refractivity contribution in [1.82, 2.24) is 9.88 Å². The number of hydrogen-bond donors (Lipinski definition) is 2. The maximum Gasteiger partial charge on any atom is 0.409 e. The van der Waals surface area contributed by atoms with E-state index < -0.39 is 6.09 Å². The van der Waals surface area contributed by atoms with Crippen LogP contribution in [0.5, 0.6) is 0 Å². The van der Waals surface area contributed by atoms with Crippen LogP contribution in [0.15, 0.2) is 18.2 Å². The van der Waals surface area contributed by atoms with Crippen molar-refractivity contribution in [1.29, 1.82) is 0 Å². The number of piperidine rings is 1. The van der Waals surface area contributed by atoms with Crippen LogP contribution in [-0.4, -0.2) is 40.2 Å². The average molecular weight is 402 g/mol. The number of nitrogens with one attached hydrogen (secondary N) is 1. The van der Waals surface area contributed by atoms with Gasteiger partial charge in [0, 0.05) is 17.6 Å². The first-order valence-corrected chi connectivity index (χ1v) is 11.7. The molecule has 5 rings (SSSR count). The fourth-order valence-electron chi connectivity index (χ4n) is 4.57. The Labute approximate surface area is 171 Å². The van der Waals surface area contributed by atoms with Gasteiger partial charge in [0.25, 0.3) is 0 Å². The highest BCUT2D eigenvalue weighted by Gasteiger charge is 2.36. The van der Waals surface area contributed by atoms with E-state index in [0.29, 0.717) is 11.6 Å². The van der Waals surface area contributed by atoms with E-state index in [9.17, 15) is 4.79 Å². The zero-order chi connectivity index (χ0) is 19.3. The minimum Gasteiger partial charge on any atom is -0.465 e. The van der Waals surface area contributed by atoms with Crippen LogP contribution in [0.4, 0.5) is 10.5 Å². The summed E-state index contributed by atoms with van der Waals surface area (Å²) >= 11 is 1.71. The van der Waals surface area contributed by atoms with Crippen LogP contribution in [0, 0.1) is 0 Å². The van der Waals surface area contributed by atoms with Gasteiger partial charge >= 0.3 is 6.09 Å². The third kappa shape index (κ3) is 4.84. The van der Waals surface area contributed by atoms with Crippen molar-refractivity contribution in [2.45, 2.75) is 76.2 Å². The van der Waals surface area contributed by atoms with Crippen molar-refractivity contribution >= 4 is 33.3 Å². The van der Waals surface area contributed by atoms with Gasteiger partial charge in [0.05, 0.1) is 15.2 Å². The molecule has 2 aromatic rings. The number of carbonyl (C=O) groups is 1. The zero-order valence-corrected chi connectivity index (χ0v) is 17.3. The lowest BCUT2D eigenvalue weighted by molar-refractivity contribution is 0.0888. The first-order valence-electron chi connectivity index (χ1n) is 10.8. The van der Waals surface area contributed by atoms with E-state index in [1.807, 2.05) is 12.1 Å². The minimum absolute atomic E-state index is 0.579. The molecule has 152 valence electrons. The molecule has 6 heteroatoms. The van der Waals surface area contributed by atoms with Crippen molar-refractivity contribution in [2.75, 3.05) is 18.4 Å². The molecule has 5 nitrogen and oxygen atoms in total. The van der Waals surface area contributed by atoms with E-state index in [1.165, 1.54) is 82.3 Å². The number of nitrogens with zero attached hydrogens (tertiary/aromatic N) is 2. The maximum absolute atomic E-state index is 10.7. The monoisotopic (exact) mass is 401 g/mol. The summed E-state index contributed by atoms with van der Waals surface area (Å²) in [5.74, 6) is 0.579. The van der Waals surface area contributed by atoms with Gasteiger partial charge in [-0.15, -0.1) is 11.3 Å². The Morgan fingerprint density at radius 1 is 1.04 bits per heavy atom. The normalized spacial score (nSPS) is 25.0. The van der Waals surface area contributed by atoms with Crippen LogP contribution in [0.2, 0.25) is 0 Å². The van der Waals surface area contributed by atoms with Gasteiger partial charge in [0.1, 0.15) is 0 Å². The Morgan fingerprint density at radius 3 is 2.32 bits per heavy atom. The molecule has 2 N–H and O–H groups in total. The van der Waals surface area contributed by atoms with Crippen molar-refractivity contribution in [2.24, 2.45) is 0 Å². The van der Waals surface area contributed by atoms with E-state index >= 15 is 0 Å². The van der Waals surface area contributed by atoms with Crippen molar-refractivity contribution in [3.8, 4) is 0 Å². The number of fused-ring (bicyclic) bond motifs is 1. The number of amides is 1. The molecule has 3 fully saturated rings. The Hall–Kier alpha value is -1.66. The number of anilines is 1. The fourth-order valence-corrected chi connectivity index (χ4v) is 5.71. The summed E-state index contributed by atoms with van der Waals surface area (Å²) in [6.07, 6.45) is 13.0. The highest BCUT2D eigenvalue weighted by molar-refractivity contribution is 7.18. The smallest absolute Gasteiger partial charge is 0.409 e. The van der Waals surface area contributed by atoms with Crippen molar-refractivity contribution in [3.63, 3.8) is 0 Å². The Morgan fingerprint density at radius 2 is 1.68 bits per heavy atom. The van der Waals surface area contributed by atoms with Crippen molar-refractivity contribution < 1.29 is 9.90 Å². The molecule has 1 aromatic carbocycles. The second kappa shape index (κ2) is 9.23. The van der Waals surface area contributed by atoms with E-state index in [0.717, 1.165) is 16.3 Å². The molecule has 0 atom stereocenters. The second-order valence-electron chi connectivity index (χ2n) is 8.35. The highest BCUT2D eigenvalue weighted by atomic mass is 32.1. The molecule has 2 heterocycles. The fraction of sp³-hybridized carbons (Fsp3) is 0.636. The Kier molecular flexibility index (Phi) is 6.47. The summed E-state index contributed by atoms with van der Waals surface area (Å²) in [7, 11) is 0. The van der Waals surface area contributed by atoms with Crippen LogP contribution in [0.25, 0.3) is 10.2 Å².